The summed E-state index contributed by atoms with van der Waals surface area (Å²) in [6.45, 7) is 10.6. The monoisotopic (exact) mass is 303 g/mol. The summed E-state index contributed by atoms with van der Waals surface area (Å²) in [6, 6.07) is 1.67. The molecule has 0 spiro atoms. The second-order valence-electron chi connectivity index (χ2n) is 6.04. The first kappa shape index (κ1) is 18.0. The summed E-state index contributed by atoms with van der Waals surface area (Å²) in [5.41, 5.74) is -0.204. The highest BCUT2D eigenvalue weighted by atomic mass is 19.2. The molecule has 2 nitrogen and oxygen atoms in total. The van der Waals surface area contributed by atoms with Gasteiger partial charge in [0.15, 0.2) is 17.5 Å². The van der Waals surface area contributed by atoms with Crippen molar-refractivity contribution in [3.8, 4) is 0 Å². The fourth-order valence-corrected chi connectivity index (χ4v) is 2.41. The molecule has 1 rings (SSSR count). The van der Waals surface area contributed by atoms with Crippen LogP contribution >= 0.6 is 0 Å². The maximum absolute atomic E-state index is 14.1. The largest absolute Gasteiger partial charge is 0.376 e. The number of rotatable bonds is 6. The summed E-state index contributed by atoms with van der Waals surface area (Å²) in [5, 5.41) is 3.12. The zero-order chi connectivity index (χ0) is 16.2. The summed E-state index contributed by atoms with van der Waals surface area (Å²) < 4.78 is 46.5. The van der Waals surface area contributed by atoms with Gasteiger partial charge in [0, 0.05) is 12.2 Å². The molecule has 0 aliphatic rings. The molecule has 0 saturated heterocycles. The molecule has 0 aromatic heterocycles. The third-order valence-corrected chi connectivity index (χ3v) is 3.33. The van der Waals surface area contributed by atoms with Gasteiger partial charge >= 0.3 is 0 Å². The van der Waals surface area contributed by atoms with Gasteiger partial charge in [-0.15, -0.1) is 0 Å². The molecule has 0 saturated carbocycles. The Bertz CT molecular complexity index is 471. The number of halogens is 3. The van der Waals surface area contributed by atoms with Gasteiger partial charge in [-0.05, 0) is 24.9 Å². The molecule has 1 aromatic rings. The summed E-state index contributed by atoms with van der Waals surface area (Å²) in [5.74, 6) is -3.79. The topological polar surface area (TPSA) is 21.3 Å². The van der Waals surface area contributed by atoms with Crippen LogP contribution in [0.1, 0.15) is 46.2 Å². The fourth-order valence-electron chi connectivity index (χ4n) is 2.41. The second kappa shape index (κ2) is 7.27. The number of hydrogen-bond donors (Lipinski definition) is 1. The summed E-state index contributed by atoms with van der Waals surface area (Å²) in [7, 11) is 0. The Morgan fingerprint density at radius 1 is 1.10 bits per heavy atom. The van der Waals surface area contributed by atoms with E-state index in [1.807, 2.05) is 34.6 Å². The number of nitrogens with one attached hydrogen (secondary N) is 1. The second-order valence-corrected chi connectivity index (χ2v) is 6.04. The molecule has 0 radical (unpaired) electrons. The van der Waals surface area contributed by atoms with Crippen LogP contribution in [0.25, 0.3) is 0 Å². The molecule has 1 aromatic carbocycles. The molecule has 1 N–H and O–H groups in total. The minimum Gasteiger partial charge on any atom is -0.376 e. The van der Waals surface area contributed by atoms with Crippen LogP contribution in [0.4, 0.5) is 13.2 Å². The van der Waals surface area contributed by atoms with Crippen molar-refractivity contribution < 1.29 is 17.9 Å². The van der Waals surface area contributed by atoms with Crippen LogP contribution in [-0.4, -0.2) is 19.3 Å². The van der Waals surface area contributed by atoms with Crippen molar-refractivity contribution in [3.05, 3.63) is 35.1 Å². The number of hydrogen-bond acceptors (Lipinski definition) is 2. The van der Waals surface area contributed by atoms with Crippen LogP contribution in [0, 0.1) is 22.9 Å². The maximum atomic E-state index is 14.1. The minimum atomic E-state index is -1.44. The van der Waals surface area contributed by atoms with Crippen molar-refractivity contribution in [3.63, 3.8) is 0 Å². The van der Waals surface area contributed by atoms with E-state index in [4.69, 9.17) is 4.74 Å². The van der Waals surface area contributed by atoms with Gasteiger partial charge in [-0.1, -0.05) is 33.8 Å². The predicted molar refractivity (Wildman–Crippen MR) is 77.6 cm³/mol. The Labute approximate surface area is 124 Å². The molecule has 2 unspecified atom stereocenters. The molecule has 0 amide bonds. The lowest BCUT2D eigenvalue weighted by Gasteiger charge is -2.37. The Hall–Kier alpha value is -1.07. The number of benzene rings is 1. The summed E-state index contributed by atoms with van der Waals surface area (Å²) in [6.07, 6.45) is -0.373. The molecule has 2 atom stereocenters. The van der Waals surface area contributed by atoms with E-state index >= 15 is 0 Å². The highest BCUT2D eigenvalue weighted by Crippen LogP contribution is 2.34. The Kier molecular flexibility index (Phi) is 6.23. The first-order valence-electron chi connectivity index (χ1n) is 7.22. The zero-order valence-electron chi connectivity index (χ0n) is 13.3. The van der Waals surface area contributed by atoms with E-state index in [2.05, 4.69) is 5.32 Å². The van der Waals surface area contributed by atoms with E-state index in [1.54, 1.807) is 0 Å². The van der Waals surface area contributed by atoms with Crippen molar-refractivity contribution in [2.24, 2.45) is 5.41 Å². The molecular formula is C16H24F3NO. The molecule has 0 bridgehead atoms. The van der Waals surface area contributed by atoms with Gasteiger partial charge < -0.3 is 10.1 Å². The lowest BCUT2D eigenvalue weighted by atomic mass is 9.81. The first-order valence-corrected chi connectivity index (χ1v) is 7.22. The molecule has 0 aliphatic heterocycles. The van der Waals surface area contributed by atoms with Crippen LogP contribution in [-0.2, 0) is 4.74 Å². The van der Waals surface area contributed by atoms with E-state index in [0.29, 0.717) is 13.2 Å². The molecule has 0 heterocycles. The Balaban J connectivity index is 3.31. The number of likely N-dealkylation sites (N-methyl/N-ethyl adjacent to an activating group) is 1. The van der Waals surface area contributed by atoms with Crippen molar-refractivity contribution in [1.29, 1.82) is 0 Å². The van der Waals surface area contributed by atoms with Crippen molar-refractivity contribution in [2.45, 2.75) is 46.8 Å². The fraction of sp³-hybridized carbons (Fsp3) is 0.625. The molecule has 21 heavy (non-hydrogen) atoms. The zero-order valence-corrected chi connectivity index (χ0v) is 13.3. The summed E-state index contributed by atoms with van der Waals surface area (Å²) >= 11 is 0. The van der Waals surface area contributed by atoms with Crippen LogP contribution in [0.5, 0.6) is 0 Å². The van der Waals surface area contributed by atoms with Crippen molar-refractivity contribution in [2.75, 3.05) is 13.2 Å². The van der Waals surface area contributed by atoms with E-state index < -0.39 is 23.5 Å². The third kappa shape index (κ3) is 4.20. The molecule has 5 heteroatoms. The quantitative estimate of drug-likeness (QED) is 0.795. The average molecular weight is 303 g/mol. The van der Waals surface area contributed by atoms with E-state index in [1.165, 1.54) is 6.07 Å². The van der Waals surface area contributed by atoms with Gasteiger partial charge in [0.1, 0.15) is 0 Å². The van der Waals surface area contributed by atoms with Gasteiger partial charge in [-0.3, -0.25) is 0 Å². The Morgan fingerprint density at radius 3 is 2.19 bits per heavy atom. The van der Waals surface area contributed by atoms with Crippen LogP contribution in [0.15, 0.2) is 12.1 Å². The molecule has 120 valence electrons. The Morgan fingerprint density at radius 2 is 1.71 bits per heavy atom. The smallest absolute Gasteiger partial charge is 0.194 e. The van der Waals surface area contributed by atoms with Gasteiger partial charge in [0.2, 0.25) is 0 Å². The van der Waals surface area contributed by atoms with E-state index in [0.717, 1.165) is 6.07 Å². The van der Waals surface area contributed by atoms with Gasteiger partial charge in [0.05, 0.1) is 12.1 Å². The van der Waals surface area contributed by atoms with Crippen molar-refractivity contribution >= 4 is 0 Å². The third-order valence-electron chi connectivity index (χ3n) is 3.33. The minimum absolute atomic E-state index is 0.0872. The lowest BCUT2D eigenvalue weighted by Crippen LogP contribution is -2.42. The van der Waals surface area contributed by atoms with Crippen LogP contribution in [0.3, 0.4) is 0 Å². The molecular weight excluding hydrogens is 279 g/mol. The van der Waals surface area contributed by atoms with E-state index in [-0.39, 0.29) is 17.1 Å². The van der Waals surface area contributed by atoms with Crippen LogP contribution in [0.2, 0.25) is 0 Å². The number of ether oxygens (including phenoxy) is 1. The SMILES string of the molecule is CCNC(c1ccc(F)c(F)c1F)C(OCC)C(C)(C)C. The van der Waals surface area contributed by atoms with Gasteiger partial charge in [-0.25, -0.2) is 13.2 Å². The first-order chi connectivity index (χ1) is 9.73. The van der Waals surface area contributed by atoms with Crippen molar-refractivity contribution in [1.82, 2.24) is 5.32 Å². The van der Waals surface area contributed by atoms with E-state index in [9.17, 15) is 13.2 Å². The lowest BCUT2D eigenvalue weighted by molar-refractivity contribution is -0.0371. The normalized spacial score (nSPS) is 15.0. The maximum Gasteiger partial charge on any atom is 0.194 e. The highest BCUT2D eigenvalue weighted by Gasteiger charge is 2.35. The van der Waals surface area contributed by atoms with Crippen LogP contribution < -0.4 is 5.32 Å². The molecule has 0 fully saturated rings. The van der Waals surface area contributed by atoms with Gasteiger partial charge in [-0.2, -0.15) is 0 Å². The average Bonchev–Trinajstić information content (AvgIpc) is 2.40. The summed E-state index contributed by atoms with van der Waals surface area (Å²) in [4.78, 5) is 0. The molecule has 0 aliphatic carbocycles. The van der Waals surface area contributed by atoms with Gasteiger partial charge in [0.25, 0.3) is 0 Å². The predicted octanol–water partition coefficient (Wildman–Crippen LogP) is 4.21. The highest BCUT2D eigenvalue weighted by molar-refractivity contribution is 5.25. The standard InChI is InChI=1S/C16H24F3NO/c1-6-20-14(15(21-7-2)16(3,4)5)10-8-9-11(17)13(19)12(10)18/h8-9,14-15,20H,6-7H2,1-5H3.